The van der Waals surface area contributed by atoms with Crippen molar-refractivity contribution in [1.82, 2.24) is 29.9 Å². The Hall–Kier alpha value is -6.66. The number of nitrogens with zero attached hydrogens (tertiary/aromatic N) is 6. The molecule has 3 saturated carbocycles. The maximum atomic E-state index is 5.15. The molecule has 8 aromatic rings. The summed E-state index contributed by atoms with van der Waals surface area (Å²) < 4.78 is 0. The molecule has 2 atom stereocenters. The third kappa shape index (κ3) is 5.64. The van der Waals surface area contributed by atoms with Crippen molar-refractivity contribution in [2.24, 2.45) is 23.7 Å². The molecule has 0 bridgehead atoms. The Bertz CT molecular complexity index is 2630. The SMILES string of the molecule is c1ccc(-c2nc(-c3ccccc3)nc(-c3cccc(-c4cccc(-c5nc(-c6ccccc6)nc(-c6cccc(C7C8CC9CC7C98)c6)n5)c4)c3)n2)cc1. The van der Waals surface area contributed by atoms with E-state index in [1.807, 2.05) is 78.9 Å². The summed E-state index contributed by atoms with van der Waals surface area (Å²) in [6.07, 6.45) is 2.81. The first kappa shape index (κ1) is 31.8. The van der Waals surface area contributed by atoms with E-state index >= 15 is 0 Å². The Morgan fingerprint density at radius 2 is 0.636 bits per heavy atom. The molecule has 6 heteroatoms. The van der Waals surface area contributed by atoms with Gasteiger partial charge in [-0.05, 0) is 77.3 Å². The van der Waals surface area contributed by atoms with Crippen LogP contribution in [0.25, 0.3) is 79.5 Å². The second kappa shape index (κ2) is 13.0. The monoisotopic (exact) mass is 708 g/mol. The van der Waals surface area contributed by atoms with Crippen LogP contribution in [-0.2, 0) is 0 Å². The summed E-state index contributed by atoms with van der Waals surface area (Å²) in [4.78, 5) is 30.1. The lowest BCUT2D eigenvalue weighted by atomic mass is 9.31. The minimum Gasteiger partial charge on any atom is -0.208 e. The highest BCUT2D eigenvalue weighted by molar-refractivity contribution is 5.76. The highest BCUT2D eigenvalue weighted by Gasteiger charge is 2.67. The predicted molar refractivity (Wildman–Crippen MR) is 217 cm³/mol. The summed E-state index contributed by atoms with van der Waals surface area (Å²) in [5.41, 5.74) is 9.25. The Labute approximate surface area is 320 Å². The third-order valence-electron chi connectivity index (χ3n) is 12.1. The van der Waals surface area contributed by atoms with Gasteiger partial charge in [-0.3, -0.25) is 0 Å². The molecule has 55 heavy (non-hydrogen) atoms. The van der Waals surface area contributed by atoms with E-state index in [9.17, 15) is 0 Å². The van der Waals surface area contributed by atoms with Crippen LogP contribution in [0.2, 0.25) is 0 Å². The van der Waals surface area contributed by atoms with Crippen molar-refractivity contribution in [2.75, 3.05) is 0 Å². The summed E-state index contributed by atoms with van der Waals surface area (Å²) in [6, 6.07) is 56.2. The van der Waals surface area contributed by atoms with Crippen molar-refractivity contribution in [3.8, 4) is 79.5 Å². The number of hydrogen-bond donors (Lipinski definition) is 0. The first-order valence-electron chi connectivity index (χ1n) is 19.2. The van der Waals surface area contributed by atoms with Crippen LogP contribution in [0, 0.1) is 23.7 Å². The molecule has 0 aliphatic heterocycles. The fourth-order valence-corrected chi connectivity index (χ4v) is 9.34. The molecule has 0 spiro atoms. The van der Waals surface area contributed by atoms with Gasteiger partial charge in [0.1, 0.15) is 0 Å². The van der Waals surface area contributed by atoms with Crippen molar-refractivity contribution in [1.29, 1.82) is 0 Å². The van der Waals surface area contributed by atoms with E-state index in [-0.39, 0.29) is 0 Å². The molecule has 0 saturated heterocycles. The van der Waals surface area contributed by atoms with Crippen LogP contribution in [0.5, 0.6) is 0 Å². The van der Waals surface area contributed by atoms with E-state index < -0.39 is 0 Å². The van der Waals surface area contributed by atoms with E-state index in [0.717, 1.165) is 68.2 Å². The minimum atomic E-state index is 0.620. The Morgan fingerprint density at radius 1 is 0.309 bits per heavy atom. The van der Waals surface area contributed by atoms with E-state index in [1.54, 1.807) is 0 Å². The van der Waals surface area contributed by atoms with Crippen LogP contribution in [0.15, 0.2) is 164 Å². The summed E-state index contributed by atoms with van der Waals surface area (Å²) in [5, 5.41) is 0. The van der Waals surface area contributed by atoms with Gasteiger partial charge in [-0.2, -0.15) is 0 Å². The quantitative estimate of drug-likeness (QED) is 0.156. The molecule has 3 aliphatic rings. The van der Waals surface area contributed by atoms with Gasteiger partial charge in [-0.25, -0.2) is 29.9 Å². The molecule has 0 N–H and O–H groups in total. The van der Waals surface area contributed by atoms with Crippen molar-refractivity contribution in [2.45, 2.75) is 18.8 Å². The van der Waals surface area contributed by atoms with Crippen LogP contribution in [0.4, 0.5) is 0 Å². The minimum absolute atomic E-state index is 0.620. The number of benzene rings is 6. The molecule has 262 valence electrons. The van der Waals surface area contributed by atoms with Gasteiger partial charge in [0.25, 0.3) is 0 Å². The lowest BCUT2D eigenvalue weighted by molar-refractivity contribution is -0.214. The van der Waals surface area contributed by atoms with Gasteiger partial charge in [0, 0.05) is 33.4 Å². The maximum Gasteiger partial charge on any atom is 0.164 e. The molecule has 3 fully saturated rings. The number of aromatic nitrogens is 6. The van der Waals surface area contributed by atoms with Crippen LogP contribution >= 0.6 is 0 Å². The van der Waals surface area contributed by atoms with Gasteiger partial charge in [0.2, 0.25) is 0 Å². The molecule has 0 radical (unpaired) electrons. The molecular formula is C49H36N6. The zero-order valence-corrected chi connectivity index (χ0v) is 30.1. The Morgan fingerprint density at radius 3 is 1.02 bits per heavy atom. The highest BCUT2D eigenvalue weighted by Crippen LogP contribution is 2.75. The van der Waals surface area contributed by atoms with Gasteiger partial charge in [0.05, 0.1) is 0 Å². The predicted octanol–water partition coefficient (Wildman–Crippen LogP) is 11.1. The maximum absolute atomic E-state index is 5.15. The van der Waals surface area contributed by atoms with Crippen molar-refractivity contribution in [3.05, 3.63) is 169 Å². The molecule has 2 aromatic heterocycles. The summed E-state index contributed by atoms with van der Waals surface area (Å²) in [5.74, 6) is 8.34. The third-order valence-corrected chi connectivity index (χ3v) is 12.1. The van der Waals surface area contributed by atoms with E-state index in [0.29, 0.717) is 40.9 Å². The van der Waals surface area contributed by atoms with Gasteiger partial charge < -0.3 is 0 Å². The number of hydrogen-bond acceptors (Lipinski definition) is 6. The molecule has 2 unspecified atom stereocenters. The molecule has 3 aliphatic carbocycles. The van der Waals surface area contributed by atoms with E-state index in [4.69, 9.17) is 29.9 Å². The van der Waals surface area contributed by atoms with E-state index in [2.05, 4.69) is 84.9 Å². The zero-order chi connectivity index (χ0) is 36.3. The molecule has 11 rings (SSSR count). The van der Waals surface area contributed by atoms with E-state index in [1.165, 1.54) is 18.4 Å². The van der Waals surface area contributed by atoms with Crippen molar-refractivity contribution in [3.63, 3.8) is 0 Å². The van der Waals surface area contributed by atoms with Gasteiger partial charge >= 0.3 is 0 Å². The average Bonchev–Trinajstić information content (AvgIpc) is 3.27. The molecular weight excluding hydrogens is 673 g/mol. The summed E-state index contributed by atoms with van der Waals surface area (Å²) in [7, 11) is 0. The largest absolute Gasteiger partial charge is 0.208 e. The van der Waals surface area contributed by atoms with Crippen molar-refractivity contribution < 1.29 is 0 Å². The fourth-order valence-electron chi connectivity index (χ4n) is 9.34. The Balaban J connectivity index is 0.972. The molecule has 6 aromatic carbocycles. The van der Waals surface area contributed by atoms with Crippen molar-refractivity contribution >= 4 is 0 Å². The molecule has 2 heterocycles. The van der Waals surface area contributed by atoms with Gasteiger partial charge in [0.15, 0.2) is 34.9 Å². The molecule has 6 nitrogen and oxygen atoms in total. The van der Waals surface area contributed by atoms with Gasteiger partial charge in [-0.15, -0.1) is 0 Å². The topological polar surface area (TPSA) is 77.3 Å². The second-order valence-electron chi connectivity index (χ2n) is 15.2. The fraction of sp³-hybridized carbons (Fsp3) is 0.143. The Kier molecular flexibility index (Phi) is 7.54. The second-order valence-corrected chi connectivity index (χ2v) is 15.2. The van der Waals surface area contributed by atoms with Crippen LogP contribution in [0.3, 0.4) is 0 Å². The van der Waals surface area contributed by atoms with Crippen LogP contribution < -0.4 is 0 Å². The first-order chi connectivity index (χ1) is 27.2. The van der Waals surface area contributed by atoms with Crippen LogP contribution in [-0.4, -0.2) is 29.9 Å². The molecule has 0 amide bonds. The number of rotatable bonds is 8. The summed E-state index contributed by atoms with van der Waals surface area (Å²) in [6.45, 7) is 0. The standard InChI is InChI=1S/C49H36N6/c1-4-13-30(14-5-1)44-50-45(31-15-6-2-7-16-31)52-47(51-44)36-22-10-19-33(25-36)34-20-11-23-37(26-34)48-53-46(32-17-8-3-9-18-32)54-49(55-48)38-24-12-21-35(27-38)42-40-28-39-29-41(42)43(39)40/h1-27,39-43H,28-29H2. The highest BCUT2D eigenvalue weighted by atomic mass is 15.0. The normalized spacial score (nSPS) is 20.4. The smallest absolute Gasteiger partial charge is 0.164 e. The summed E-state index contributed by atoms with van der Waals surface area (Å²) >= 11 is 0. The van der Waals surface area contributed by atoms with Gasteiger partial charge in [-0.1, -0.05) is 146 Å². The lowest BCUT2D eigenvalue weighted by Gasteiger charge is -2.73. The lowest BCUT2D eigenvalue weighted by Crippen LogP contribution is -2.65. The average molecular weight is 709 g/mol. The van der Waals surface area contributed by atoms with Crippen LogP contribution in [0.1, 0.15) is 24.3 Å². The zero-order valence-electron chi connectivity index (χ0n) is 30.1. The first-order valence-corrected chi connectivity index (χ1v) is 19.2.